The molecule has 16 heavy (non-hydrogen) atoms. The summed E-state index contributed by atoms with van der Waals surface area (Å²) in [6.07, 6.45) is 4.04. The van der Waals surface area contributed by atoms with Gasteiger partial charge >= 0.3 is 0 Å². The first-order valence-corrected chi connectivity index (χ1v) is 6.43. The van der Waals surface area contributed by atoms with E-state index in [9.17, 15) is 0 Å². The molecular formula is C11H14N4S. The van der Waals surface area contributed by atoms with Gasteiger partial charge in [-0.3, -0.25) is 5.10 Å². The van der Waals surface area contributed by atoms with Crippen molar-refractivity contribution in [2.45, 2.75) is 38.5 Å². The third kappa shape index (κ3) is 1.46. The molecule has 0 saturated carbocycles. The number of nitrogens with one attached hydrogen (secondary N) is 1. The Labute approximate surface area is 98.1 Å². The van der Waals surface area contributed by atoms with Crippen LogP contribution in [0.5, 0.6) is 0 Å². The molecule has 4 nitrogen and oxygen atoms in total. The van der Waals surface area contributed by atoms with Crippen LogP contribution in [0.1, 0.15) is 49.1 Å². The number of aromatic nitrogens is 4. The van der Waals surface area contributed by atoms with E-state index in [1.54, 1.807) is 11.3 Å². The SMILES string of the molecule is CC1CCC(C)c2sc(-c3ncn[nH]3)nc21. The molecule has 2 unspecified atom stereocenters. The van der Waals surface area contributed by atoms with Crippen molar-refractivity contribution in [3.8, 4) is 10.8 Å². The summed E-state index contributed by atoms with van der Waals surface area (Å²) in [6.45, 7) is 4.54. The topological polar surface area (TPSA) is 54.5 Å². The maximum Gasteiger partial charge on any atom is 0.184 e. The van der Waals surface area contributed by atoms with Gasteiger partial charge in [0.25, 0.3) is 0 Å². The Bertz CT molecular complexity index is 461. The summed E-state index contributed by atoms with van der Waals surface area (Å²) in [6, 6.07) is 0. The van der Waals surface area contributed by atoms with Gasteiger partial charge in [-0.2, -0.15) is 5.10 Å². The molecule has 2 heterocycles. The number of H-pyrrole nitrogens is 1. The standard InChI is InChI=1S/C11H14N4S/c1-6-3-4-7(2)9-8(6)14-11(16-9)10-12-5-13-15-10/h5-7H,3-4H2,1-2H3,(H,12,13,15). The van der Waals surface area contributed by atoms with Gasteiger partial charge in [0.2, 0.25) is 0 Å². The predicted molar refractivity (Wildman–Crippen MR) is 63.6 cm³/mol. The monoisotopic (exact) mass is 234 g/mol. The Morgan fingerprint density at radius 2 is 2.12 bits per heavy atom. The van der Waals surface area contributed by atoms with E-state index < -0.39 is 0 Å². The quantitative estimate of drug-likeness (QED) is 0.825. The van der Waals surface area contributed by atoms with Gasteiger partial charge in [-0.25, -0.2) is 9.97 Å². The molecule has 0 radical (unpaired) electrons. The molecule has 5 heteroatoms. The van der Waals surface area contributed by atoms with Gasteiger partial charge < -0.3 is 0 Å². The maximum atomic E-state index is 4.71. The lowest BCUT2D eigenvalue weighted by Crippen LogP contribution is -2.08. The van der Waals surface area contributed by atoms with Crippen LogP contribution in [0.25, 0.3) is 10.8 Å². The molecule has 0 amide bonds. The van der Waals surface area contributed by atoms with Crippen LogP contribution in [0.3, 0.4) is 0 Å². The predicted octanol–water partition coefficient (Wildman–Crippen LogP) is 2.93. The Morgan fingerprint density at radius 3 is 2.81 bits per heavy atom. The van der Waals surface area contributed by atoms with Crippen LogP contribution in [-0.4, -0.2) is 20.2 Å². The maximum absolute atomic E-state index is 4.71. The van der Waals surface area contributed by atoms with Gasteiger partial charge in [0.1, 0.15) is 6.33 Å². The van der Waals surface area contributed by atoms with E-state index in [-0.39, 0.29) is 0 Å². The zero-order chi connectivity index (χ0) is 11.1. The molecule has 2 aromatic heterocycles. The van der Waals surface area contributed by atoms with Crippen molar-refractivity contribution < 1.29 is 0 Å². The smallest absolute Gasteiger partial charge is 0.184 e. The van der Waals surface area contributed by atoms with Gasteiger partial charge in [-0.05, 0) is 24.7 Å². The summed E-state index contributed by atoms with van der Waals surface area (Å²) in [5.74, 6) is 2.01. The van der Waals surface area contributed by atoms with Gasteiger partial charge in [-0.1, -0.05) is 13.8 Å². The van der Waals surface area contributed by atoms with Crippen molar-refractivity contribution in [3.05, 3.63) is 16.9 Å². The molecule has 0 fully saturated rings. The molecule has 0 aliphatic heterocycles. The summed E-state index contributed by atoms with van der Waals surface area (Å²) in [4.78, 5) is 10.3. The van der Waals surface area contributed by atoms with E-state index in [0.29, 0.717) is 11.8 Å². The lowest BCUT2D eigenvalue weighted by atomic mass is 9.86. The number of rotatable bonds is 1. The molecule has 2 aromatic rings. The highest BCUT2D eigenvalue weighted by molar-refractivity contribution is 7.15. The van der Waals surface area contributed by atoms with E-state index in [2.05, 4.69) is 29.0 Å². The number of thiazole rings is 1. The zero-order valence-electron chi connectivity index (χ0n) is 9.40. The molecule has 1 N–H and O–H groups in total. The second kappa shape index (κ2) is 3.66. The number of hydrogen-bond acceptors (Lipinski definition) is 4. The van der Waals surface area contributed by atoms with Crippen molar-refractivity contribution in [1.29, 1.82) is 0 Å². The number of aromatic amines is 1. The first kappa shape index (κ1) is 9.96. The Kier molecular flexibility index (Phi) is 2.28. The fourth-order valence-electron chi connectivity index (χ4n) is 2.23. The molecule has 0 bridgehead atoms. The lowest BCUT2D eigenvalue weighted by Gasteiger charge is -2.21. The average molecular weight is 234 g/mol. The minimum Gasteiger partial charge on any atom is -0.257 e. The van der Waals surface area contributed by atoms with Crippen LogP contribution in [-0.2, 0) is 0 Å². The molecule has 0 spiro atoms. The summed E-state index contributed by atoms with van der Waals surface area (Å²) < 4.78 is 0. The van der Waals surface area contributed by atoms with E-state index >= 15 is 0 Å². The molecule has 0 saturated heterocycles. The van der Waals surface area contributed by atoms with Gasteiger partial charge in [0.05, 0.1) is 5.69 Å². The van der Waals surface area contributed by atoms with Crippen molar-refractivity contribution >= 4 is 11.3 Å². The van der Waals surface area contributed by atoms with Crippen molar-refractivity contribution in [2.75, 3.05) is 0 Å². The highest BCUT2D eigenvalue weighted by Crippen LogP contribution is 2.42. The van der Waals surface area contributed by atoms with E-state index in [0.717, 1.165) is 10.8 Å². The van der Waals surface area contributed by atoms with E-state index in [1.807, 2.05) is 0 Å². The fraction of sp³-hybridized carbons (Fsp3) is 0.545. The normalized spacial score (nSPS) is 24.4. The minimum absolute atomic E-state index is 0.583. The molecule has 0 aromatic carbocycles. The summed E-state index contributed by atoms with van der Waals surface area (Å²) in [5.41, 5.74) is 1.27. The van der Waals surface area contributed by atoms with Gasteiger partial charge in [0.15, 0.2) is 10.8 Å². The molecule has 1 aliphatic rings. The highest BCUT2D eigenvalue weighted by Gasteiger charge is 2.27. The third-order valence-corrected chi connectivity index (χ3v) is 4.56. The van der Waals surface area contributed by atoms with Crippen LogP contribution in [0.15, 0.2) is 6.33 Å². The van der Waals surface area contributed by atoms with Gasteiger partial charge in [-0.15, -0.1) is 11.3 Å². The second-order valence-corrected chi connectivity index (χ2v) is 5.51. The first-order chi connectivity index (χ1) is 7.75. The van der Waals surface area contributed by atoms with Gasteiger partial charge in [0, 0.05) is 4.88 Å². The Balaban J connectivity index is 2.08. The molecule has 84 valence electrons. The van der Waals surface area contributed by atoms with E-state index in [1.165, 1.54) is 29.7 Å². The largest absolute Gasteiger partial charge is 0.257 e. The fourth-order valence-corrected chi connectivity index (χ4v) is 3.45. The number of fused-ring (bicyclic) bond motifs is 1. The second-order valence-electron chi connectivity index (χ2n) is 4.48. The summed E-state index contributed by atoms with van der Waals surface area (Å²) >= 11 is 1.76. The molecule has 3 rings (SSSR count). The summed E-state index contributed by atoms with van der Waals surface area (Å²) in [5, 5.41) is 7.73. The number of nitrogens with zero attached hydrogens (tertiary/aromatic N) is 3. The van der Waals surface area contributed by atoms with Crippen LogP contribution in [0.4, 0.5) is 0 Å². The van der Waals surface area contributed by atoms with Crippen LogP contribution >= 0.6 is 11.3 Å². The summed E-state index contributed by atoms with van der Waals surface area (Å²) in [7, 11) is 0. The lowest BCUT2D eigenvalue weighted by molar-refractivity contribution is 0.526. The van der Waals surface area contributed by atoms with Crippen molar-refractivity contribution in [2.24, 2.45) is 0 Å². The first-order valence-electron chi connectivity index (χ1n) is 5.62. The Hall–Kier alpha value is -1.23. The minimum atomic E-state index is 0.583. The molecule has 1 aliphatic carbocycles. The molecule has 2 atom stereocenters. The van der Waals surface area contributed by atoms with Crippen LogP contribution in [0, 0.1) is 0 Å². The van der Waals surface area contributed by atoms with Crippen molar-refractivity contribution in [3.63, 3.8) is 0 Å². The number of hydrogen-bond donors (Lipinski definition) is 1. The molecular weight excluding hydrogens is 220 g/mol. The zero-order valence-corrected chi connectivity index (χ0v) is 10.2. The van der Waals surface area contributed by atoms with Crippen LogP contribution < -0.4 is 0 Å². The van der Waals surface area contributed by atoms with Crippen molar-refractivity contribution in [1.82, 2.24) is 20.2 Å². The third-order valence-electron chi connectivity index (χ3n) is 3.25. The average Bonchev–Trinajstić information content (AvgIpc) is 2.90. The van der Waals surface area contributed by atoms with E-state index in [4.69, 9.17) is 4.98 Å². The Morgan fingerprint density at radius 1 is 1.31 bits per heavy atom. The highest BCUT2D eigenvalue weighted by atomic mass is 32.1. The van der Waals surface area contributed by atoms with Crippen LogP contribution in [0.2, 0.25) is 0 Å².